The lowest BCUT2D eigenvalue weighted by atomic mass is 10.3. The SMILES string of the molecule is CCC1CC1NS(=O)(=O)c1ccc(CNC(C)C)s1. The van der Waals surface area contributed by atoms with Gasteiger partial charge in [-0.05, 0) is 24.5 Å². The molecule has 1 saturated carbocycles. The highest BCUT2D eigenvalue weighted by atomic mass is 32.2. The topological polar surface area (TPSA) is 58.2 Å². The Bertz CT molecular complexity index is 523. The fraction of sp³-hybridized carbons (Fsp3) is 0.692. The van der Waals surface area contributed by atoms with Crippen LogP contribution in [-0.2, 0) is 16.6 Å². The summed E-state index contributed by atoms with van der Waals surface area (Å²) in [5, 5.41) is 3.29. The number of nitrogens with one attached hydrogen (secondary N) is 2. The molecule has 0 aliphatic heterocycles. The molecule has 0 bridgehead atoms. The molecule has 1 aliphatic rings. The van der Waals surface area contributed by atoms with Crippen LogP contribution in [0.15, 0.2) is 16.3 Å². The van der Waals surface area contributed by atoms with Crippen molar-refractivity contribution < 1.29 is 8.42 Å². The quantitative estimate of drug-likeness (QED) is 0.812. The van der Waals surface area contributed by atoms with Crippen molar-refractivity contribution in [3.05, 3.63) is 17.0 Å². The van der Waals surface area contributed by atoms with Crippen molar-refractivity contribution in [3.63, 3.8) is 0 Å². The van der Waals surface area contributed by atoms with Crippen LogP contribution in [-0.4, -0.2) is 20.5 Å². The Morgan fingerprint density at radius 1 is 1.42 bits per heavy atom. The lowest BCUT2D eigenvalue weighted by Crippen LogP contribution is -2.26. The van der Waals surface area contributed by atoms with Crippen LogP contribution in [0.1, 0.15) is 38.5 Å². The Morgan fingerprint density at radius 2 is 2.16 bits per heavy atom. The lowest BCUT2D eigenvalue weighted by molar-refractivity contribution is 0.578. The first-order valence-electron chi connectivity index (χ1n) is 6.76. The van der Waals surface area contributed by atoms with E-state index in [1.54, 1.807) is 6.07 Å². The standard InChI is InChI=1S/C13H22N2O2S2/c1-4-10-7-12(10)15-19(16,17)13-6-5-11(18-13)8-14-9(2)3/h5-6,9-10,12,14-15H,4,7-8H2,1-3H3. The third-order valence-corrected chi connectivity index (χ3v) is 6.41. The zero-order valence-corrected chi connectivity index (χ0v) is 13.3. The Balaban J connectivity index is 1.97. The largest absolute Gasteiger partial charge is 0.310 e. The van der Waals surface area contributed by atoms with Gasteiger partial charge in [-0.1, -0.05) is 27.2 Å². The van der Waals surface area contributed by atoms with Crippen molar-refractivity contribution in [1.82, 2.24) is 10.0 Å². The molecule has 4 nitrogen and oxygen atoms in total. The molecule has 1 aromatic heterocycles. The van der Waals surface area contributed by atoms with Crippen molar-refractivity contribution in [1.29, 1.82) is 0 Å². The van der Waals surface area contributed by atoms with E-state index in [2.05, 4.69) is 30.8 Å². The molecule has 6 heteroatoms. The Hall–Kier alpha value is -0.430. The summed E-state index contributed by atoms with van der Waals surface area (Å²) in [6.45, 7) is 6.97. The van der Waals surface area contributed by atoms with Crippen LogP contribution in [0.25, 0.3) is 0 Å². The normalized spacial score (nSPS) is 22.9. The van der Waals surface area contributed by atoms with Crippen molar-refractivity contribution in [3.8, 4) is 0 Å². The molecule has 1 aliphatic carbocycles. The Kier molecular flexibility index (Phi) is 4.66. The van der Waals surface area contributed by atoms with Crippen LogP contribution in [0.4, 0.5) is 0 Å². The van der Waals surface area contributed by atoms with Crippen LogP contribution >= 0.6 is 11.3 Å². The summed E-state index contributed by atoms with van der Waals surface area (Å²) in [7, 11) is -3.32. The van der Waals surface area contributed by atoms with Gasteiger partial charge in [0, 0.05) is 23.5 Å². The van der Waals surface area contributed by atoms with Crippen LogP contribution in [0.3, 0.4) is 0 Å². The van der Waals surface area contributed by atoms with Gasteiger partial charge in [0.1, 0.15) is 4.21 Å². The molecule has 1 heterocycles. The van der Waals surface area contributed by atoms with E-state index in [0.717, 1.165) is 24.3 Å². The summed E-state index contributed by atoms with van der Waals surface area (Å²) in [4.78, 5) is 1.05. The summed E-state index contributed by atoms with van der Waals surface area (Å²) in [5.74, 6) is 0.525. The smallest absolute Gasteiger partial charge is 0.250 e. The first kappa shape index (κ1) is 15.0. The maximum absolute atomic E-state index is 12.2. The number of hydrogen-bond donors (Lipinski definition) is 2. The van der Waals surface area contributed by atoms with E-state index >= 15 is 0 Å². The van der Waals surface area contributed by atoms with Gasteiger partial charge in [0.15, 0.2) is 0 Å². The van der Waals surface area contributed by atoms with E-state index in [-0.39, 0.29) is 6.04 Å². The second-order valence-corrected chi connectivity index (χ2v) is 8.50. The fourth-order valence-corrected chi connectivity index (χ4v) is 4.64. The van der Waals surface area contributed by atoms with E-state index in [9.17, 15) is 8.42 Å². The summed E-state index contributed by atoms with van der Waals surface area (Å²) in [6, 6.07) is 4.14. The van der Waals surface area contributed by atoms with Crippen molar-refractivity contribution in [2.24, 2.45) is 5.92 Å². The number of sulfonamides is 1. The minimum atomic E-state index is -3.32. The van der Waals surface area contributed by atoms with Gasteiger partial charge >= 0.3 is 0 Å². The highest BCUT2D eigenvalue weighted by Crippen LogP contribution is 2.35. The van der Waals surface area contributed by atoms with E-state index < -0.39 is 10.0 Å². The maximum atomic E-state index is 12.2. The molecule has 0 saturated heterocycles. The molecule has 1 aromatic rings. The van der Waals surface area contributed by atoms with Crippen molar-refractivity contribution in [2.75, 3.05) is 0 Å². The molecule has 2 rings (SSSR count). The van der Waals surface area contributed by atoms with Gasteiger partial charge in [-0.15, -0.1) is 11.3 Å². The van der Waals surface area contributed by atoms with Gasteiger partial charge in [-0.2, -0.15) is 0 Å². The van der Waals surface area contributed by atoms with Crippen LogP contribution in [0, 0.1) is 5.92 Å². The predicted octanol–water partition coefficient (Wildman–Crippen LogP) is 2.32. The van der Waals surface area contributed by atoms with E-state index in [1.165, 1.54) is 11.3 Å². The molecular weight excluding hydrogens is 280 g/mol. The predicted molar refractivity (Wildman–Crippen MR) is 78.8 cm³/mol. The Labute approximate surface area is 119 Å². The zero-order valence-electron chi connectivity index (χ0n) is 11.6. The van der Waals surface area contributed by atoms with Gasteiger partial charge in [-0.25, -0.2) is 13.1 Å². The van der Waals surface area contributed by atoms with Crippen LogP contribution in [0.2, 0.25) is 0 Å². The molecule has 0 spiro atoms. The second kappa shape index (κ2) is 5.91. The molecule has 0 amide bonds. The first-order valence-corrected chi connectivity index (χ1v) is 9.06. The average Bonchev–Trinajstić information content (AvgIpc) is 2.89. The van der Waals surface area contributed by atoms with Gasteiger partial charge in [0.05, 0.1) is 0 Å². The number of rotatable bonds is 7. The summed E-state index contributed by atoms with van der Waals surface area (Å²) < 4.78 is 27.6. The highest BCUT2D eigenvalue weighted by Gasteiger charge is 2.38. The molecule has 2 N–H and O–H groups in total. The monoisotopic (exact) mass is 302 g/mol. The second-order valence-electron chi connectivity index (χ2n) is 5.39. The molecule has 108 valence electrons. The summed E-state index contributed by atoms with van der Waals surface area (Å²) in [5.41, 5.74) is 0. The average molecular weight is 302 g/mol. The van der Waals surface area contributed by atoms with Gasteiger partial charge < -0.3 is 5.32 Å². The lowest BCUT2D eigenvalue weighted by Gasteiger charge is -2.05. The molecule has 2 unspecified atom stereocenters. The Morgan fingerprint density at radius 3 is 2.74 bits per heavy atom. The van der Waals surface area contributed by atoms with E-state index in [1.807, 2.05) is 6.07 Å². The van der Waals surface area contributed by atoms with E-state index in [0.29, 0.717) is 16.2 Å². The molecular formula is C13H22N2O2S2. The summed E-state index contributed by atoms with van der Waals surface area (Å²) >= 11 is 1.35. The minimum Gasteiger partial charge on any atom is -0.310 e. The van der Waals surface area contributed by atoms with Crippen LogP contribution in [0.5, 0.6) is 0 Å². The van der Waals surface area contributed by atoms with Gasteiger partial charge in [0.2, 0.25) is 10.0 Å². The highest BCUT2D eigenvalue weighted by molar-refractivity contribution is 7.91. The third kappa shape index (κ3) is 4.02. The molecule has 2 atom stereocenters. The van der Waals surface area contributed by atoms with Crippen molar-refractivity contribution in [2.45, 2.75) is 56.5 Å². The minimum absolute atomic E-state index is 0.148. The van der Waals surface area contributed by atoms with Crippen molar-refractivity contribution >= 4 is 21.4 Å². The summed E-state index contributed by atoms with van der Waals surface area (Å²) in [6.07, 6.45) is 2.02. The number of thiophene rings is 1. The third-order valence-electron chi connectivity index (χ3n) is 3.34. The van der Waals surface area contributed by atoms with Crippen LogP contribution < -0.4 is 10.0 Å². The fourth-order valence-electron chi connectivity index (χ4n) is 2.00. The maximum Gasteiger partial charge on any atom is 0.250 e. The molecule has 0 radical (unpaired) electrons. The number of hydrogen-bond acceptors (Lipinski definition) is 4. The molecule has 1 fully saturated rings. The van der Waals surface area contributed by atoms with E-state index in [4.69, 9.17) is 0 Å². The first-order chi connectivity index (χ1) is 8.92. The molecule has 19 heavy (non-hydrogen) atoms. The molecule has 0 aromatic carbocycles. The zero-order chi connectivity index (χ0) is 14.0. The van der Waals surface area contributed by atoms with Gasteiger partial charge in [-0.3, -0.25) is 0 Å². The van der Waals surface area contributed by atoms with Gasteiger partial charge in [0.25, 0.3) is 0 Å².